The van der Waals surface area contributed by atoms with Crippen molar-refractivity contribution in [2.24, 2.45) is 0 Å². The molecule has 1 heterocycles. The van der Waals surface area contributed by atoms with E-state index in [2.05, 4.69) is 31.7 Å². The van der Waals surface area contributed by atoms with E-state index in [0.29, 0.717) is 27.4 Å². The molecule has 4 aromatic rings. The Kier molecular flexibility index (Phi) is 9.57. The van der Waals surface area contributed by atoms with Gasteiger partial charge < -0.3 is 25.0 Å². The summed E-state index contributed by atoms with van der Waals surface area (Å²) in [4.78, 5) is 36.9. The van der Waals surface area contributed by atoms with E-state index in [1.54, 1.807) is 61.5 Å². The van der Waals surface area contributed by atoms with Crippen LogP contribution in [0.2, 0.25) is 5.02 Å². The van der Waals surface area contributed by atoms with Crippen molar-refractivity contribution in [3.05, 3.63) is 111 Å². The molecule has 2 atom stereocenters. The Morgan fingerprint density at radius 1 is 1.05 bits per heavy atom. The second kappa shape index (κ2) is 13.3. The molecule has 1 aromatic heterocycles. The Morgan fingerprint density at radius 3 is 2.42 bits per heavy atom. The highest BCUT2D eigenvalue weighted by atomic mass is 79.9. The summed E-state index contributed by atoms with van der Waals surface area (Å²) in [5, 5.41) is 19.4. The number of carbonyl (C=O) groups excluding carboxylic acids is 2. The molecule has 0 spiro atoms. The quantitative estimate of drug-likeness (QED) is 0.192. The third kappa shape index (κ3) is 7.49. The number of carbonyl (C=O) groups is 3. The monoisotopic (exact) mass is 625 g/mol. The summed E-state index contributed by atoms with van der Waals surface area (Å²) < 4.78 is 11.4. The minimum absolute atomic E-state index is 0.0888. The number of hydrogen-bond acceptors (Lipinski definition) is 6. The lowest BCUT2D eigenvalue weighted by molar-refractivity contribution is -0.139. The number of aliphatic carboxylic acids is 1. The van der Waals surface area contributed by atoms with Crippen molar-refractivity contribution < 1.29 is 28.8 Å². The van der Waals surface area contributed by atoms with Gasteiger partial charge in [0.1, 0.15) is 24.1 Å². The van der Waals surface area contributed by atoms with E-state index in [9.17, 15) is 19.5 Å². The summed E-state index contributed by atoms with van der Waals surface area (Å²) in [5.41, 5.74) is 3.47. The summed E-state index contributed by atoms with van der Waals surface area (Å²) in [5.74, 6) is -1.65. The topological polar surface area (TPSA) is 131 Å². The Balaban J connectivity index is 1.35. The van der Waals surface area contributed by atoms with Crippen molar-refractivity contribution in [2.75, 3.05) is 0 Å². The maximum Gasteiger partial charge on any atom is 0.408 e. The number of aromatic nitrogens is 1. The van der Waals surface area contributed by atoms with E-state index in [1.165, 1.54) is 6.26 Å². The highest BCUT2D eigenvalue weighted by Gasteiger charge is 2.22. The SMILES string of the molecule is CC(OC(=O)NCc1conc1-c1ccc(C(=O)NC(Cc2ccc(Br)cc2)C(=O)O)cc1)c1ccccc1Cl. The van der Waals surface area contributed by atoms with Crippen molar-refractivity contribution in [3.8, 4) is 11.3 Å². The standard InChI is InChI=1S/C29H25BrClN3O6/c1-17(23-4-2-3-5-24(23)31)40-29(38)32-15-21-16-39-34-26(21)19-8-10-20(11-9-19)27(35)33-25(28(36)37)14-18-6-12-22(30)13-7-18/h2-13,16-17,25H,14-15H2,1H3,(H,32,38)(H,33,35)(H,36,37). The van der Waals surface area contributed by atoms with Gasteiger partial charge in [0.05, 0.1) is 6.54 Å². The summed E-state index contributed by atoms with van der Waals surface area (Å²) in [6.45, 7) is 1.81. The summed E-state index contributed by atoms with van der Waals surface area (Å²) >= 11 is 9.52. The van der Waals surface area contributed by atoms with E-state index in [-0.39, 0.29) is 18.5 Å². The van der Waals surface area contributed by atoms with E-state index >= 15 is 0 Å². The number of carboxylic acid groups (broad SMARTS) is 1. The van der Waals surface area contributed by atoms with E-state index < -0.39 is 30.1 Å². The van der Waals surface area contributed by atoms with Crippen LogP contribution in [0.3, 0.4) is 0 Å². The van der Waals surface area contributed by atoms with Crippen LogP contribution in [0.5, 0.6) is 0 Å². The van der Waals surface area contributed by atoms with Gasteiger partial charge in [-0.1, -0.05) is 75.2 Å². The first kappa shape index (κ1) is 28.8. The third-order valence-electron chi connectivity index (χ3n) is 6.07. The molecule has 0 fully saturated rings. The molecule has 0 aliphatic rings. The molecule has 11 heteroatoms. The summed E-state index contributed by atoms with van der Waals surface area (Å²) in [6, 6.07) is 19.7. The highest BCUT2D eigenvalue weighted by molar-refractivity contribution is 9.10. The van der Waals surface area contributed by atoms with Crippen LogP contribution in [0.15, 0.2) is 88.1 Å². The van der Waals surface area contributed by atoms with Crippen LogP contribution >= 0.6 is 27.5 Å². The largest absolute Gasteiger partial charge is 0.480 e. The Bertz CT molecular complexity index is 1490. The molecule has 40 heavy (non-hydrogen) atoms. The van der Waals surface area contributed by atoms with Gasteiger partial charge in [-0.05, 0) is 42.8 Å². The zero-order chi connectivity index (χ0) is 28.6. The van der Waals surface area contributed by atoms with Crippen molar-refractivity contribution in [1.29, 1.82) is 0 Å². The van der Waals surface area contributed by atoms with Gasteiger partial charge in [-0.3, -0.25) is 4.79 Å². The van der Waals surface area contributed by atoms with Crippen LogP contribution in [0.1, 0.15) is 40.1 Å². The number of carboxylic acids is 1. The van der Waals surface area contributed by atoms with Crippen LogP contribution in [-0.4, -0.2) is 34.3 Å². The number of ether oxygens (including phenoxy) is 1. The number of halogens is 2. The lowest BCUT2D eigenvalue weighted by atomic mass is 10.0. The number of hydrogen-bond donors (Lipinski definition) is 3. The van der Waals surface area contributed by atoms with Gasteiger partial charge in [0.2, 0.25) is 0 Å². The predicted octanol–water partition coefficient (Wildman–Crippen LogP) is 6.17. The molecular weight excluding hydrogens is 602 g/mol. The molecule has 0 bridgehead atoms. The normalized spacial score (nSPS) is 12.3. The Hall–Kier alpha value is -4.15. The molecule has 4 rings (SSSR count). The van der Waals surface area contributed by atoms with Gasteiger partial charge in [0.25, 0.3) is 5.91 Å². The third-order valence-corrected chi connectivity index (χ3v) is 6.94. The molecule has 2 amide bonds. The van der Waals surface area contributed by atoms with Crippen LogP contribution in [-0.2, 0) is 22.5 Å². The number of alkyl carbamates (subject to hydrolysis) is 1. The zero-order valence-electron chi connectivity index (χ0n) is 21.3. The smallest absolute Gasteiger partial charge is 0.408 e. The second-order valence-electron chi connectivity index (χ2n) is 8.88. The first-order valence-corrected chi connectivity index (χ1v) is 13.4. The fourth-order valence-corrected chi connectivity index (χ4v) is 4.49. The Labute approximate surface area is 243 Å². The molecule has 3 aromatic carbocycles. The number of nitrogens with one attached hydrogen (secondary N) is 2. The minimum Gasteiger partial charge on any atom is -0.480 e. The second-order valence-corrected chi connectivity index (χ2v) is 10.2. The maximum atomic E-state index is 12.8. The highest BCUT2D eigenvalue weighted by Crippen LogP contribution is 2.26. The van der Waals surface area contributed by atoms with Crippen molar-refractivity contribution in [3.63, 3.8) is 0 Å². The maximum absolute atomic E-state index is 12.8. The van der Waals surface area contributed by atoms with E-state index in [0.717, 1.165) is 10.0 Å². The molecule has 0 saturated heterocycles. The van der Waals surface area contributed by atoms with Crippen molar-refractivity contribution >= 4 is 45.5 Å². The average molecular weight is 627 g/mol. The first-order valence-electron chi connectivity index (χ1n) is 12.2. The Morgan fingerprint density at radius 2 is 1.75 bits per heavy atom. The van der Waals surface area contributed by atoms with E-state index in [1.807, 2.05) is 18.2 Å². The van der Waals surface area contributed by atoms with Gasteiger partial charge in [-0.2, -0.15) is 0 Å². The number of rotatable bonds is 10. The molecule has 0 radical (unpaired) electrons. The molecular formula is C29H25BrClN3O6. The van der Waals surface area contributed by atoms with Gasteiger partial charge in [-0.25, -0.2) is 9.59 Å². The molecule has 0 saturated carbocycles. The fraction of sp³-hybridized carbons (Fsp3) is 0.172. The van der Waals surface area contributed by atoms with Gasteiger partial charge in [0.15, 0.2) is 0 Å². The number of benzene rings is 3. The fourth-order valence-electron chi connectivity index (χ4n) is 3.94. The van der Waals surface area contributed by atoms with Crippen LogP contribution < -0.4 is 10.6 Å². The van der Waals surface area contributed by atoms with Crippen LogP contribution in [0, 0.1) is 0 Å². The van der Waals surface area contributed by atoms with Gasteiger partial charge in [0, 0.05) is 38.2 Å². The molecule has 0 aliphatic carbocycles. The number of nitrogens with zero attached hydrogens (tertiary/aromatic N) is 1. The van der Waals surface area contributed by atoms with Gasteiger partial charge in [-0.15, -0.1) is 0 Å². The zero-order valence-corrected chi connectivity index (χ0v) is 23.6. The first-order chi connectivity index (χ1) is 19.2. The van der Waals surface area contributed by atoms with Crippen LogP contribution in [0.4, 0.5) is 4.79 Å². The molecule has 206 valence electrons. The minimum atomic E-state index is -1.13. The van der Waals surface area contributed by atoms with Crippen LogP contribution in [0.25, 0.3) is 11.3 Å². The summed E-state index contributed by atoms with van der Waals surface area (Å²) in [7, 11) is 0. The average Bonchev–Trinajstić information content (AvgIpc) is 3.41. The number of amides is 2. The van der Waals surface area contributed by atoms with Crippen molar-refractivity contribution in [2.45, 2.75) is 32.0 Å². The predicted molar refractivity (Wildman–Crippen MR) is 152 cm³/mol. The van der Waals surface area contributed by atoms with Gasteiger partial charge >= 0.3 is 12.1 Å². The van der Waals surface area contributed by atoms with Crippen molar-refractivity contribution in [1.82, 2.24) is 15.8 Å². The molecule has 2 unspecified atom stereocenters. The summed E-state index contributed by atoms with van der Waals surface area (Å²) in [6.07, 6.45) is 0.363. The van der Waals surface area contributed by atoms with E-state index in [4.69, 9.17) is 20.9 Å². The molecule has 9 nitrogen and oxygen atoms in total. The lowest BCUT2D eigenvalue weighted by Gasteiger charge is -2.15. The lowest BCUT2D eigenvalue weighted by Crippen LogP contribution is -2.42. The molecule has 0 aliphatic heterocycles. The molecule has 3 N–H and O–H groups in total.